The molecular formula is C7H14NaO2P. The molecule has 1 atom stereocenters. The zero-order valence-electron chi connectivity index (χ0n) is 7.38. The van der Waals surface area contributed by atoms with Gasteiger partial charge in [0, 0.05) is 7.37 Å². The number of rotatable bonds is 1. The van der Waals surface area contributed by atoms with Crippen LogP contribution < -0.4 is 34.5 Å². The second kappa shape index (κ2) is 5.04. The molecule has 1 unspecified atom stereocenters. The Hall–Kier alpha value is 1.19. The number of hydrogen-bond donors (Lipinski definition) is 0. The molecule has 0 aromatic heterocycles. The maximum absolute atomic E-state index is 11.0. The van der Waals surface area contributed by atoms with E-state index in [1.807, 2.05) is 0 Å². The van der Waals surface area contributed by atoms with Gasteiger partial charge in [-0.1, -0.05) is 19.3 Å². The van der Waals surface area contributed by atoms with Crippen LogP contribution in [0.15, 0.2) is 0 Å². The summed E-state index contributed by atoms with van der Waals surface area (Å²) in [6.45, 7) is 1.38. The third kappa shape index (κ3) is 4.10. The molecule has 1 aliphatic rings. The van der Waals surface area contributed by atoms with E-state index in [2.05, 4.69) is 0 Å². The van der Waals surface area contributed by atoms with Crippen LogP contribution in [0.3, 0.4) is 0 Å². The Kier molecular flexibility index (Phi) is 5.58. The molecule has 11 heavy (non-hydrogen) atoms. The maximum atomic E-state index is 11.0. The molecule has 0 N–H and O–H groups in total. The van der Waals surface area contributed by atoms with Gasteiger partial charge in [0.15, 0.2) is 0 Å². The second-order valence-electron chi connectivity index (χ2n) is 3.20. The first-order chi connectivity index (χ1) is 4.61. The van der Waals surface area contributed by atoms with Crippen molar-refractivity contribution in [3.05, 3.63) is 0 Å². The molecule has 60 valence electrons. The fourth-order valence-electron chi connectivity index (χ4n) is 1.55. The average Bonchev–Trinajstić information content (AvgIpc) is 1.88. The van der Waals surface area contributed by atoms with E-state index < -0.39 is 7.37 Å². The third-order valence-corrected chi connectivity index (χ3v) is 4.08. The molecule has 0 bridgehead atoms. The van der Waals surface area contributed by atoms with E-state index in [-0.39, 0.29) is 35.2 Å². The molecule has 1 aliphatic carbocycles. The van der Waals surface area contributed by atoms with E-state index in [4.69, 9.17) is 0 Å². The van der Waals surface area contributed by atoms with Crippen LogP contribution in [0, 0.1) is 0 Å². The quantitative estimate of drug-likeness (QED) is 0.371. The van der Waals surface area contributed by atoms with Crippen LogP contribution in [0.4, 0.5) is 0 Å². The molecule has 0 amide bonds. The van der Waals surface area contributed by atoms with Gasteiger partial charge >= 0.3 is 29.6 Å². The zero-order chi connectivity index (χ0) is 7.61. The minimum Gasteiger partial charge on any atom is -0.799 e. The fourth-order valence-corrected chi connectivity index (χ4v) is 2.85. The Morgan fingerprint density at radius 1 is 1.27 bits per heavy atom. The summed E-state index contributed by atoms with van der Waals surface area (Å²) < 4.78 is 11.0. The van der Waals surface area contributed by atoms with Gasteiger partial charge in [-0.2, -0.15) is 0 Å². The van der Waals surface area contributed by atoms with Gasteiger partial charge in [-0.3, -0.25) is 0 Å². The first-order valence-corrected chi connectivity index (χ1v) is 6.03. The van der Waals surface area contributed by atoms with Gasteiger partial charge in [0.25, 0.3) is 0 Å². The van der Waals surface area contributed by atoms with Gasteiger partial charge in [-0.15, -0.1) is 0 Å². The summed E-state index contributed by atoms with van der Waals surface area (Å²) in [5.74, 6) is 0. The van der Waals surface area contributed by atoms with Crippen LogP contribution in [0.25, 0.3) is 0 Å². The van der Waals surface area contributed by atoms with Crippen LogP contribution in [0.5, 0.6) is 0 Å². The minimum absolute atomic E-state index is 0. The van der Waals surface area contributed by atoms with Crippen molar-refractivity contribution in [3.63, 3.8) is 0 Å². The normalized spacial score (nSPS) is 25.3. The van der Waals surface area contributed by atoms with E-state index in [1.54, 1.807) is 0 Å². The van der Waals surface area contributed by atoms with E-state index in [0.29, 0.717) is 0 Å². The standard InChI is InChI=1S/C7H15O2P.Na/c1-10(8,9)7-5-3-2-4-6-7;/h7H,2-6H2,1H3,(H,8,9);/q;+1/p-1. The predicted octanol–water partition coefficient (Wildman–Crippen LogP) is -1.41. The molecule has 2 nitrogen and oxygen atoms in total. The summed E-state index contributed by atoms with van der Waals surface area (Å²) in [6.07, 6.45) is 5.22. The summed E-state index contributed by atoms with van der Waals surface area (Å²) in [4.78, 5) is 11.0. The first-order valence-electron chi connectivity index (χ1n) is 3.89. The van der Waals surface area contributed by atoms with Gasteiger partial charge in [0.05, 0.1) is 0 Å². The van der Waals surface area contributed by atoms with Crippen molar-refractivity contribution < 1.29 is 39.0 Å². The van der Waals surface area contributed by atoms with E-state index in [0.717, 1.165) is 25.7 Å². The van der Waals surface area contributed by atoms with Crippen molar-refractivity contribution in [1.29, 1.82) is 0 Å². The minimum atomic E-state index is -2.99. The van der Waals surface area contributed by atoms with Crippen molar-refractivity contribution in [2.45, 2.75) is 37.8 Å². The van der Waals surface area contributed by atoms with Crippen molar-refractivity contribution in [3.8, 4) is 0 Å². The largest absolute Gasteiger partial charge is 1.00 e. The van der Waals surface area contributed by atoms with E-state index in [1.165, 1.54) is 13.1 Å². The summed E-state index contributed by atoms with van der Waals surface area (Å²) >= 11 is 0. The smallest absolute Gasteiger partial charge is 0.799 e. The molecule has 0 aromatic carbocycles. The second-order valence-corrected chi connectivity index (χ2v) is 5.75. The Balaban J connectivity index is 0.000001000. The molecule has 0 spiro atoms. The Labute approximate surface area is 90.5 Å². The molecule has 1 fully saturated rings. The van der Waals surface area contributed by atoms with E-state index in [9.17, 15) is 9.46 Å². The van der Waals surface area contributed by atoms with Gasteiger partial charge in [-0.05, 0) is 25.2 Å². The number of hydrogen-bond acceptors (Lipinski definition) is 2. The van der Waals surface area contributed by atoms with Crippen molar-refractivity contribution in [2.24, 2.45) is 0 Å². The molecule has 0 aliphatic heterocycles. The Bertz CT molecular complexity index is 149. The summed E-state index contributed by atoms with van der Waals surface area (Å²) in [5, 5.41) is 0. The molecule has 1 saturated carbocycles. The van der Waals surface area contributed by atoms with Gasteiger partial charge < -0.3 is 9.46 Å². The topological polar surface area (TPSA) is 40.1 Å². The van der Waals surface area contributed by atoms with Crippen LogP contribution in [-0.2, 0) is 4.57 Å². The van der Waals surface area contributed by atoms with Crippen LogP contribution in [0.2, 0.25) is 0 Å². The van der Waals surface area contributed by atoms with Crippen molar-refractivity contribution >= 4 is 7.37 Å². The van der Waals surface area contributed by atoms with Crippen LogP contribution >= 0.6 is 7.37 Å². The average molecular weight is 184 g/mol. The molecule has 1 rings (SSSR count). The Morgan fingerprint density at radius 2 is 1.73 bits per heavy atom. The molecule has 0 aromatic rings. The fraction of sp³-hybridized carbons (Fsp3) is 1.00. The SMILES string of the molecule is CP(=O)([O-])C1CCCCC1.[Na+]. The summed E-state index contributed by atoms with van der Waals surface area (Å²) in [5.41, 5.74) is 0.00116. The summed E-state index contributed by atoms with van der Waals surface area (Å²) in [7, 11) is -2.99. The molecule has 0 saturated heterocycles. The monoisotopic (exact) mass is 184 g/mol. The van der Waals surface area contributed by atoms with Crippen molar-refractivity contribution in [1.82, 2.24) is 0 Å². The first kappa shape index (κ1) is 12.2. The van der Waals surface area contributed by atoms with E-state index >= 15 is 0 Å². The molecule has 0 radical (unpaired) electrons. The molecular weight excluding hydrogens is 170 g/mol. The Morgan fingerprint density at radius 3 is 2.00 bits per heavy atom. The zero-order valence-corrected chi connectivity index (χ0v) is 10.3. The molecule has 0 heterocycles. The van der Waals surface area contributed by atoms with Gasteiger partial charge in [0.2, 0.25) is 0 Å². The van der Waals surface area contributed by atoms with Crippen LogP contribution in [0.1, 0.15) is 32.1 Å². The maximum Gasteiger partial charge on any atom is 1.00 e. The van der Waals surface area contributed by atoms with Crippen molar-refractivity contribution in [2.75, 3.05) is 6.66 Å². The summed E-state index contributed by atoms with van der Waals surface area (Å²) in [6, 6.07) is 0. The van der Waals surface area contributed by atoms with Crippen LogP contribution in [-0.4, -0.2) is 12.3 Å². The van der Waals surface area contributed by atoms with Gasteiger partial charge in [0.1, 0.15) is 0 Å². The third-order valence-electron chi connectivity index (χ3n) is 2.24. The molecule has 4 heteroatoms. The predicted molar refractivity (Wildman–Crippen MR) is 40.4 cm³/mol. The van der Waals surface area contributed by atoms with Gasteiger partial charge in [-0.25, -0.2) is 0 Å².